The van der Waals surface area contributed by atoms with Crippen LogP contribution >= 0.6 is 15.9 Å². The lowest BCUT2D eigenvalue weighted by molar-refractivity contribution is -0.147. The maximum absolute atomic E-state index is 12.1. The number of ether oxygens (including phenoxy) is 1. The number of carbonyl (C=O) groups is 2. The fourth-order valence-electron chi connectivity index (χ4n) is 1.55. The molecule has 5 nitrogen and oxygen atoms in total. The van der Waals surface area contributed by atoms with Gasteiger partial charge in [0.15, 0.2) is 6.10 Å². The molecule has 1 aromatic carbocycles. The van der Waals surface area contributed by atoms with Crippen LogP contribution in [-0.4, -0.2) is 28.6 Å². The van der Waals surface area contributed by atoms with Crippen molar-refractivity contribution in [2.75, 3.05) is 0 Å². The number of benzene rings is 1. The van der Waals surface area contributed by atoms with Crippen molar-refractivity contribution in [2.45, 2.75) is 24.5 Å². The molecule has 110 valence electrons. The second-order valence-corrected chi connectivity index (χ2v) is 4.80. The molecule has 0 heterocycles. The summed E-state index contributed by atoms with van der Waals surface area (Å²) in [6.45, 7) is -1.82. The van der Waals surface area contributed by atoms with E-state index >= 15 is 0 Å². The Balaban J connectivity index is 3.29. The summed E-state index contributed by atoms with van der Waals surface area (Å²) in [6.07, 6.45) is -1.95. The van der Waals surface area contributed by atoms with Crippen LogP contribution in [0.2, 0.25) is 0 Å². The van der Waals surface area contributed by atoms with Crippen molar-refractivity contribution >= 4 is 27.7 Å². The minimum atomic E-state index is -3.08. The Morgan fingerprint density at radius 2 is 1.90 bits per heavy atom. The van der Waals surface area contributed by atoms with Crippen LogP contribution in [0.4, 0.5) is 8.78 Å². The van der Waals surface area contributed by atoms with Crippen molar-refractivity contribution in [1.29, 1.82) is 0 Å². The van der Waals surface area contributed by atoms with Gasteiger partial charge in [-0.25, -0.2) is 4.79 Å². The molecule has 2 N–H and O–H groups in total. The third kappa shape index (κ3) is 3.97. The molecule has 0 saturated carbocycles. The van der Waals surface area contributed by atoms with Crippen molar-refractivity contribution in [3.8, 4) is 5.75 Å². The summed E-state index contributed by atoms with van der Waals surface area (Å²) in [4.78, 5) is 21.3. The Kier molecular flexibility index (Phi) is 5.58. The first-order valence-electron chi connectivity index (χ1n) is 5.38. The van der Waals surface area contributed by atoms with Crippen molar-refractivity contribution in [2.24, 2.45) is 0 Å². The highest BCUT2D eigenvalue weighted by Gasteiger charge is 2.25. The fourth-order valence-corrected chi connectivity index (χ4v) is 1.97. The van der Waals surface area contributed by atoms with E-state index in [1.165, 1.54) is 13.0 Å². The van der Waals surface area contributed by atoms with E-state index in [-0.39, 0.29) is 22.7 Å². The number of halogens is 3. The number of Topliss-reactive ketones (excluding diaryl/α,β-unsaturated/α-hetero) is 1. The molecule has 8 heteroatoms. The summed E-state index contributed by atoms with van der Waals surface area (Å²) >= 11 is 3.05. The van der Waals surface area contributed by atoms with Crippen molar-refractivity contribution in [3.63, 3.8) is 0 Å². The first kappa shape index (κ1) is 16.5. The van der Waals surface area contributed by atoms with Gasteiger partial charge < -0.3 is 14.9 Å². The normalized spacial score (nSPS) is 13.9. The molecule has 0 amide bonds. The number of aliphatic hydroxyl groups excluding tert-OH is 1. The lowest BCUT2D eigenvalue weighted by Crippen LogP contribution is -2.15. The summed E-state index contributed by atoms with van der Waals surface area (Å²) in [5, 5.41) is 18.4. The van der Waals surface area contributed by atoms with Crippen LogP contribution in [0.3, 0.4) is 0 Å². The molecule has 0 aliphatic rings. The molecule has 0 fully saturated rings. The zero-order valence-corrected chi connectivity index (χ0v) is 11.8. The number of hydrogen-bond acceptors (Lipinski definition) is 4. The van der Waals surface area contributed by atoms with E-state index in [1.807, 2.05) is 0 Å². The molecular weight excluding hydrogens is 342 g/mol. The standard InChI is InChI=1S/C12H11BrF2O5/c1-5(16)9(13)7-3-2-6(20-12(14)15)4-8(7)10(17)11(18)19/h2-4,9-10,12,17H,1H3,(H,18,19). The molecular formula is C12H11BrF2O5. The number of aliphatic carboxylic acids is 1. The number of carbonyl (C=O) groups excluding carboxylic acids is 1. The van der Waals surface area contributed by atoms with E-state index < -0.39 is 23.5 Å². The summed E-state index contributed by atoms with van der Waals surface area (Å²) < 4.78 is 28.4. The molecule has 1 aromatic rings. The minimum absolute atomic E-state index is 0.175. The monoisotopic (exact) mass is 352 g/mol. The molecule has 0 aliphatic heterocycles. The molecule has 0 aromatic heterocycles. The van der Waals surface area contributed by atoms with Crippen LogP contribution in [0.15, 0.2) is 18.2 Å². The summed E-state index contributed by atoms with van der Waals surface area (Å²) in [6, 6.07) is 3.38. The van der Waals surface area contributed by atoms with Gasteiger partial charge in [-0.15, -0.1) is 0 Å². The van der Waals surface area contributed by atoms with E-state index in [9.17, 15) is 23.5 Å². The zero-order chi connectivity index (χ0) is 15.4. The molecule has 0 saturated heterocycles. The van der Waals surface area contributed by atoms with E-state index in [4.69, 9.17) is 5.11 Å². The van der Waals surface area contributed by atoms with Crippen LogP contribution < -0.4 is 4.74 Å². The van der Waals surface area contributed by atoms with Crippen molar-refractivity contribution in [1.82, 2.24) is 0 Å². The summed E-state index contributed by atoms with van der Waals surface area (Å²) in [5.74, 6) is -2.20. The molecule has 2 unspecified atom stereocenters. The van der Waals surface area contributed by atoms with E-state index in [1.54, 1.807) is 0 Å². The van der Waals surface area contributed by atoms with Crippen LogP contribution in [0.1, 0.15) is 29.0 Å². The minimum Gasteiger partial charge on any atom is -0.479 e. The molecule has 1 rings (SSSR count). The van der Waals surface area contributed by atoms with E-state index in [2.05, 4.69) is 20.7 Å². The number of ketones is 1. The first-order chi connectivity index (χ1) is 9.23. The lowest BCUT2D eigenvalue weighted by Gasteiger charge is -2.17. The van der Waals surface area contributed by atoms with Crippen LogP contribution in [0.5, 0.6) is 5.75 Å². The highest BCUT2D eigenvalue weighted by atomic mass is 79.9. The van der Waals surface area contributed by atoms with Gasteiger partial charge in [-0.3, -0.25) is 4.79 Å². The largest absolute Gasteiger partial charge is 0.479 e. The van der Waals surface area contributed by atoms with Gasteiger partial charge in [0, 0.05) is 5.56 Å². The number of hydrogen-bond donors (Lipinski definition) is 2. The third-order valence-corrected chi connectivity index (χ3v) is 3.58. The predicted octanol–water partition coefficient (Wildman–Crippen LogP) is 2.43. The van der Waals surface area contributed by atoms with Gasteiger partial charge in [-0.05, 0) is 24.6 Å². The SMILES string of the molecule is CC(=O)C(Br)c1ccc(OC(F)F)cc1C(O)C(=O)O. The fraction of sp³-hybridized carbons (Fsp3) is 0.333. The second-order valence-electron chi connectivity index (χ2n) is 3.88. The molecule has 0 bridgehead atoms. The number of aliphatic hydroxyl groups is 1. The maximum atomic E-state index is 12.1. The topological polar surface area (TPSA) is 83.8 Å². The summed E-state index contributed by atoms with van der Waals surface area (Å²) in [5.41, 5.74) is -0.0123. The first-order valence-corrected chi connectivity index (χ1v) is 6.29. The Hall–Kier alpha value is -1.54. The van der Waals surface area contributed by atoms with Crippen LogP contribution in [0.25, 0.3) is 0 Å². The van der Waals surface area contributed by atoms with Gasteiger partial charge in [-0.1, -0.05) is 22.0 Å². The Morgan fingerprint density at radius 3 is 2.35 bits per heavy atom. The zero-order valence-electron chi connectivity index (χ0n) is 10.2. The second kappa shape index (κ2) is 6.76. The number of alkyl halides is 3. The molecule has 0 radical (unpaired) electrons. The lowest BCUT2D eigenvalue weighted by atomic mass is 9.98. The van der Waals surface area contributed by atoms with Crippen molar-refractivity contribution < 1.29 is 33.3 Å². The van der Waals surface area contributed by atoms with Gasteiger partial charge in [0.25, 0.3) is 0 Å². The van der Waals surface area contributed by atoms with Crippen LogP contribution in [-0.2, 0) is 9.59 Å². The average molecular weight is 353 g/mol. The molecule has 0 aliphatic carbocycles. The summed E-state index contributed by atoms with van der Waals surface area (Å²) in [7, 11) is 0. The number of carboxylic acid groups (broad SMARTS) is 1. The predicted molar refractivity (Wildman–Crippen MR) is 68.0 cm³/mol. The molecule has 0 spiro atoms. The van der Waals surface area contributed by atoms with Gasteiger partial charge in [0.1, 0.15) is 11.5 Å². The van der Waals surface area contributed by atoms with Gasteiger partial charge in [-0.2, -0.15) is 8.78 Å². The third-order valence-electron chi connectivity index (χ3n) is 2.44. The smallest absolute Gasteiger partial charge is 0.387 e. The van der Waals surface area contributed by atoms with Gasteiger partial charge in [0.05, 0.1) is 4.83 Å². The Labute approximate surface area is 121 Å². The molecule has 20 heavy (non-hydrogen) atoms. The van der Waals surface area contributed by atoms with Crippen molar-refractivity contribution in [3.05, 3.63) is 29.3 Å². The highest BCUT2D eigenvalue weighted by Crippen LogP contribution is 2.33. The number of rotatable bonds is 6. The maximum Gasteiger partial charge on any atom is 0.387 e. The molecule has 2 atom stereocenters. The van der Waals surface area contributed by atoms with E-state index in [0.717, 1.165) is 12.1 Å². The quantitative estimate of drug-likeness (QED) is 0.768. The number of carboxylic acids is 1. The Morgan fingerprint density at radius 1 is 1.30 bits per heavy atom. The highest BCUT2D eigenvalue weighted by molar-refractivity contribution is 9.09. The average Bonchev–Trinajstić information content (AvgIpc) is 2.35. The van der Waals surface area contributed by atoms with Crippen LogP contribution in [0, 0.1) is 0 Å². The Bertz CT molecular complexity index is 521. The van der Waals surface area contributed by atoms with Gasteiger partial charge in [0.2, 0.25) is 0 Å². The van der Waals surface area contributed by atoms with E-state index in [0.29, 0.717) is 0 Å². The van der Waals surface area contributed by atoms with Gasteiger partial charge >= 0.3 is 12.6 Å².